The van der Waals surface area contributed by atoms with Crippen LogP contribution in [0.1, 0.15) is 36.0 Å². The lowest BCUT2D eigenvalue weighted by atomic mass is 10.1. The molecule has 2 aliphatic rings. The van der Waals surface area contributed by atoms with Gasteiger partial charge in [-0.2, -0.15) is 0 Å². The van der Waals surface area contributed by atoms with Crippen molar-refractivity contribution in [2.75, 3.05) is 29.0 Å². The van der Waals surface area contributed by atoms with E-state index in [9.17, 15) is 14.4 Å². The van der Waals surface area contributed by atoms with E-state index in [2.05, 4.69) is 16.0 Å². The topological polar surface area (TPSA) is 90.5 Å². The van der Waals surface area contributed by atoms with Crippen LogP contribution in [0.4, 0.5) is 21.9 Å². The van der Waals surface area contributed by atoms with Gasteiger partial charge < -0.3 is 20.9 Å². The van der Waals surface area contributed by atoms with Crippen molar-refractivity contribution in [2.45, 2.75) is 25.7 Å². The third kappa shape index (κ3) is 4.74. The summed E-state index contributed by atoms with van der Waals surface area (Å²) < 4.78 is 0. The Morgan fingerprint density at radius 2 is 1.41 bits per heavy atom. The van der Waals surface area contributed by atoms with Crippen LogP contribution in [0.3, 0.4) is 0 Å². The molecule has 7 heteroatoms. The molecular formula is C22H24N4O3. The Morgan fingerprint density at radius 3 is 2.03 bits per heavy atom. The van der Waals surface area contributed by atoms with E-state index in [0.717, 1.165) is 38.8 Å². The van der Waals surface area contributed by atoms with Gasteiger partial charge in [0.05, 0.1) is 11.4 Å². The van der Waals surface area contributed by atoms with Gasteiger partial charge in [-0.25, -0.2) is 4.79 Å². The second kappa shape index (κ2) is 8.34. The quantitative estimate of drug-likeness (QED) is 0.720. The van der Waals surface area contributed by atoms with E-state index < -0.39 is 0 Å². The summed E-state index contributed by atoms with van der Waals surface area (Å²) in [5.74, 6) is -0.122. The molecule has 0 bridgehead atoms. The number of nitrogens with one attached hydrogen (secondary N) is 3. The molecule has 29 heavy (non-hydrogen) atoms. The fraction of sp³-hybridized carbons (Fsp3) is 0.318. The largest absolute Gasteiger partial charge is 0.326 e. The summed E-state index contributed by atoms with van der Waals surface area (Å²) in [5, 5.41) is 8.59. The van der Waals surface area contributed by atoms with Gasteiger partial charge in [-0.15, -0.1) is 0 Å². The Balaban J connectivity index is 1.40. The minimum absolute atomic E-state index is 0.0323. The average molecular weight is 392 g/mol. The van der Waals surface area contributed by atoms with E-state index in [4.69, 9.17) is 0 Å². The first-order chi connectivity index (χ1) is 14.1. The monoisotopic (exact) mass is 392 g/mol. The van der Waals surface area contributed by atoms with Crippen LogP contribution >= 0.6 is 0 Å². The summed E-state index contributed by atoms with van der Waals surface area (Å²) >= 11 is 0. The number of carbonyl (C=O) groups excluding carboxylic acids is 3. The van der Waals surface area contributed by atoms with Crippen LogP contribution in [0, 0.1) is 5.92 Å². The molecule has 1 heterocycles. The predicted molar refractivity (Wildman–Crippen MR) is 112 cm³/mol. The number of urea groups is 1. The first-order valence-corrected chi connectivity index (χ1v) is 9.97. The zero-order valence-corrected chi connectivity index (χ0v) is 16.1. The van der Waals surface area contributed by atoms with Crippen LogP contribution in [-0.4, -0.2) is 35.8 Å². The van der Waals surface area contributed by atoms with E-state index in [1.165, 1.54) is 0 Å². The lowest BCUT2D eigenvalue weighted by Gasteiger charge is -2.18. The first kappa shape index (κ1) is 19.0. The predicted octanol–water partition coefficient (Wildman–Crippen LogP) is 3.92. The van der Waals surface area contributed by atoms with E-state index in [0.29, 0.717) is 22.6 Å². The summed E-state index contributed by atoms with van der Waals surface area (Å²) in [6.45, 7) is 1.51. The number of hydrogen-bond donors (Lipinski definition) is 3. The van der Waals surface area contributed by atoms with E-state index in [-0.39, 0.29) is 23.8 Å². The molecule has 0 aromatic heterocycles. The molecular weight excluding hydrogens is 368 g/mol. The third-order valence-electron chi connectivity index (χ3n) is 5.17. The molecule has 1 aliphatic heterocycles. The molecule has 1 saturated carbocycles. The summed E-state index contributed by atoms with van der Waals surface area (Å²) in [6, 6.07) is 13.8. The van der Waals surface area contributed by atoms with Crippen molar-refractivity contribution in [3.05, 3.63) is 54.1 Å². The van der Waals surface area contributed by atoms with Gasteiger partial charge in [-0.05, 0) is 62.1 Å². The number of benzene rings is 2. The Morgan fingerprint density at radius 1 is 0.793 bits per heavy atom. The van der Waals surface area contributed by atoms with Crippen molar-refractivity contribution in [3.63, 3.8) is 0 Å². The van der Waals surface area contributed by atoms with Gasteiger partial charge in [0.25, 0.3) is 5.91 Å². The van der Waals surface area contributed by atoms with E-state index >= 15 is 0 Å². The molecule has 150 valence electrons. The average Bonchev–Trinajstić information content (AvgIpc) is 3.44. The van der Waals surface area contributed by atoms with Crippen LogP contribution in [-0.2, 0) is 4.79 Å². The van der Waals surface area contributed by atoms with Gasteiger partial charge in [0.2, 0.25) is 5.91 Å². The molecule has 1 saturated heterocycles. The van der Waals surface area contributed by atoms with Gasteiger partial charge in [0.1, 0.15) is 0 Å². The van der Waals surface area contributed by atoms with E-state index in [1.807, 2.05) is 6.07 Å². The molecule has 2 fully saturated rings. The SMILES string of the molecule is O=C(Nc1ccccc1NC(=O)N1CCCC1)c1ccc(NC(=O)C2CC2)cc1. The van der Waals surface area contributed by atoms with Crippen molar-refractivity contribution >= 4 is 34.9 Å². The summed E-state index contributed by atoms with van der Waals surface area (Å²) in [5.41, 5.74) is 2.24. The van der Waals surface area contributed by atoms with Crippen molar-refractivity contribution in [1.82, 2.24) is 4.90 Å². The van der Waals surface area contributed by atoms with Crippen molar-refractivity contribution in [1.29, 1.82) is 0 Å². The standard InChI is InChI=1S/C22H24N4O3/c27-20(15-7-8-15)23-17-11-9-16(10-12-17)21(28)24-18-5-1-2-6-19(18)25-22(29)26-13-3-4-14-26/h1-2,5-6,9-12,15H,3-4,7-8,13-14H2,(H,23,27)(H,24,28)(H,25,29). The van der Waals surface area contributed by atoms with Gasteiger partial charge in [-0.3, -0.25) is 9.59 Å². The Hall–Kier alpha value is -3.35. The molecule has 4 amide bonds. The number of rotatable bonds is 5. The molecule has 0 unspecified atom stereocenters. The van der Waals surface area contributed by atoms with Crippen LogP contribution in [0.15, 0.2) is 48.5 Å². The van der Waals surface area contributed by atoms with Gasteiger partial charge in [0, 0.05) is 30.3 Å². The highest BCUT2D eigenvalue weighted by Gasteiger charge is 2.29. The molecule has 0 atom stereocenters. The summed E-state index contributed by atoms with van der Waals surface area (Å²) in [4.78, 5) is 38.6. The zero-order valence-electron chi connectivity index (χ0n) is 16.1. The molecule has 1 aliphatic carbocycles. The van der Waals surface area contributed by atoms with Gasteiger partial charge in [-0.1, -0.05) is 12.1 Å². The molecule has 4 rings (SSSR count). The maximum atomic E-state index is 12.6. The van der Waals surface area contributed by atoms with Crippen molar-refractivity contribution in [2.24, 2.45) is 5.92 Å². The summed E-state index contributed by atoms with van der Waals surface area (Å²) in [6.07, 6.45) is 3.92. The fourth-order valence-corrected chi connectivity index (χ4v) is 3.30. The van der Waals surface area contributed by atoms with E-state index in [1.54, 1.807) is 47.4 Å². The highest BCUT2D eigenvalue weighted by molar-refractivity contribution is 6.07. The smallest absolute Gasteiger partial charge is 0.321 e. The van der Waals surface area contributed by atoms with Crippen LogP contribution in [0.25, 0.3) is 0 Å². The van der Waals surface area contributed by atoms with Gasteiger partial charge in [0.15, 0.2) is 0 Å². The first-order valence-electron chi connectivity index (χ1n) is 9.97. The minimum Gasteiger partial charge on any atom is -0.326 e. The molecule has 2 aromatic rings. The van der Waals surface area contributed by atoms with Crippen molar-refractivity contribution in [3.8, 4) is 0 Å². The summed E-state index contributed by atoms with van der Waals surface area (Å²) in [7, 11) is 0. The number of anilines is 3. The highest BCUT2D eigenvalue weighted by Crippen LogP contribution is 2.30. The normalized spacial score (nSPS) is 15.7. The maximum absolute atomic E-state index is 12.6. The number of para-hydroxylation sites is 2. The Labute approximate surface area is 169 Å². The molecule has 2 aromatic carbocycles. The Kier molecular flexibility index (Phi) is 5.46. The highest BCUT2D eigenvalue weighted by atomic mass is 16.2. The fourth-order valence-electron chi connectivity index (χ4n) is 3.30. The lowest BCUT2D eigenvalue weighted by molar-refractivity contribution is -0.117. The molecule has 0 radical (unpaired) electrons. The molecule has 0 spiro atoms. The van der Waals surface area contributed by atoms with Crippen molar-refractivity contribution < 1.29 is 14.4 Å². The third-order valence-corrected chi connectivity index (χ3v) is 5.17. The number of likely N-dealkylation sites (tertiary alicyclic amines) is 1. The Bertz CT molecular complexity index is 916. The van der Waals surface area contributed by atoms with Gasteiger partial charge >= 0.3 is 6.03 Å². The van der Waals surface area contributed by atoms with Crippen LogP contribution in [0.5, 0.6) is 0 Å². The second-order valence-electron chi connectivity index (χ2n) is 7.46. The number of amides is 4. The number of carbonyl (C=O) groups is 3. The number of hydrogen-bond acceptors (Lipinski definition) is 3. The second-order valence-corrected chi connectivity index (χ2v) is 7.46. The number of nitrogens with zero attached hydrogens (tertiary/aromatic N) is 1. The molecule has 3 N–H and O–H groups in total. The minimum atomic E-state index is -0.284. The molecule has 7 nitrogen and oxygen atoms in total. The van der Waals surface area contributed by atoms with Crippen LogP contribution in [0.2, 0.25) is 0 Å². The van der Waals surface area contributed by atoms with Crippen LogP contribution < -0.4 is 16.0 Å². The lowest BCUT2D eigenvalue weighted by Crippen LogP contribution is -2.32. The maximum Gasteiger partial charge on any atom is 0.321 e. The zero-order chi connectivity index (χ0) is 20.2.